The second kappa shape index (κ2) is 2.80. The molecule has 2 rings (SSSR count). The predicted octanol–water partition coefficient (Wildman–Crippen LogP) is 3.38. The van der Waals surface area contributed by atoms with Gasteiger partial charge in [-0.2, -0.15) is 0 Å². The summed E-state index contributed by atoms with van der Waals surface area (Å²) in [7, 11) is 1.01. The summed E-state index contributed by atoms with van der Waals surface area (Å²) < 4.78 is 0. The number of hydrogen-bond donors (Lipinski definition) is 0. The third-order valence-corrected chi connectivity index (χ3v) is 3.68. The summed E-state index contributed by atoms with van der Waals surface area (Å²) in [5.41, 5.74) is 0. The van der Waals surface area contributed by atoms with E-state index in [1.54, 1.807) is 5.30 Å². The Balaban J connectivity index is 2.12. The van der Waals surface area contributed by atoms with Crippen molar-refractivity contribution in [3.05, 3.63) is 23.2 Å². The van der Waals surface area contributed by atoms with Crippen LogP contribution < -0.4 is 0 Å². The maximum atomic E-state index is 2.33. The fraction of sp³-hybridized carbons (Fsp3) is 0.556. The minimum absolute atomic E-state index is 0.966. The topological polar surface area (TPSA) is 0 Å². The third kappa shape index (κ3) is 1.13. The van der Waals surface area contributed by atoms with Crippen molar-refractivity contribution >= 4 is 8.19 Å². The second-order valence-electron chi connectivity index (χ2n) is 3.11. The number of hydrogen-bond acceptors (Lipinski definition) is 0. The van der Waals surface area contributed by atoms with Gasteiger partial charge in [-0.25, -0.2) is 0 Å². The summed E-state index contributed by atoms with van der Waals surface area (Å²) >= 11 is 0. The maximum absolute atomic E-state index is 2.33. The highest BCUT2D eigenvalue weighted by atomic mass is 31.0. The largest absolute Gasteiger partial charge is 0.136 e. The first-order chi connectivity index (χ1) is 4.97. The summed E-state index contributed by atoms with van der Waals surface area (Å²) in [5.74, 6) is 3.27. The third-order valence-electron chi connectivity index (χ3n) is 2.42. The number of rotatable bonds is 1. The molecule has 0 radical (unpaired) electrons. The van der Waals surface area contributed by atoms with E-state index in [2.05, 4.69) is 17.9 Å². The lowest BCUT2D eigenvalue weighted by molar-refractivity contribution is 0.738. The van der Waals surface area contributed by atoms with Crippen LogP contribution in [0.15, 0.2) is 17.9 Å². The van der Waals surface area contributed by atoms with E-state index in [1.165, 1.54) is 25.7 Å². The molecule has 1 aromatic rings. The molecule has 1 atom stereocenters. The molecule has 0 aromatic carbocycles. The first kappa shape index (κ1) is 6.49. The molecule has 1 fully saturated rings. The lowest BCUT2D eigenvalue weighted by atomic mass is 10.1. The van der Waals surface area contributed by atoms with Gasteiger partial charge in [-0.1, -0.05) is 25.0 Å². The Morgan fingerprint density at radius 2 is 2.10 bits per heavy atom. The minimum Gasteiger partial charge on any atom is -0.136 e. The Morgan fingerprint density at radius 3 is 2.70 bits per heavy atom. The quantitative estimate of drug-likeness (QED) is 0.578. The van der Waals surface area contributed by atoms with Gasteiger partial charge < -0.3 is 0 Å². The molecular weight excluding hydrogens is 139 g/mol. The summed E-state index contributed by atoms with van der Waals surface area (Å²) in [6.45, 7) is 0. The molecule has 0 amide bonds. The van der Waals surface area contributed by atoms with Crippen molar-refractivity contribution in [3.63, 3.8) is 0 Å². The SMILES string of the molecule is c1c[pH]c(C2CCCC2)c1. The smallest absolute Gasteiger partial charge is 0.0127 e. The van der Waals surface area contributed by atoms with Gasteiger partial charge in [0.2, 0.25) is 0 Å². The molecule has 0 saturated heterocycles. The van der Waals surface area contributed by atoms with Crippen molar-refractivity contribution in [1.82, 2.24) is 0 Å². The van der Waals surface area contributed by atoms with Crippen LogP contribution in [-0.2, 0) is 0 Å². The molecule has 54 valence electrons. The molecule has 1 unspecified atom stereocenters. The van der Waals surface area contributed by atoms with Crippen molar-refractivity contribution in [1.29, 1.82) is 0 Å². The monoisotopic (exact) mass is 152 g/mol. The first-order valence-corrected chi connectivity index (χ1v) is 5.18. The zero-order valence-corrected chi connectivity index (χ0v) is 7.14. The summed E-state index contributed by atoms with van der Waals surface area (Å²) in [6, 6.07) is 4.54. The Labute approximate surface area is 63.7 Å². The van der Waals surface area contributed by atoms with Crippen molar-refractivity contribution in [2.75, 3.05) is 0 Å². The van der Waals surface area contributed by atoms with E-state index < -0.39 is 0 Å². The van der Waals surface area contributed by atoms with Gasteiger partial charge >= 0.3 is 0 Å². The minimum atomic E-state index is 0.966. The van der Waals surface area contributed by atoms with Gasteiger partial charge in [0.05, 0.1) is 0 Å². The van der Waals surface area contributed by atoms with Gasteiger partial charge in [-0.15, -0.1) is 8.19 Å². The van der Waals surface area contributed by atoms with Crippen LogP contribution in [0.3, 0.4) is 0 Å². The molecule has 1 aromatic heterocycles. The van der Waals surface area contributed by atoms with Crippen molar-refractivity contribution in [2.45, 2.75) is 31.6 Å². The van der Waals surface area contributed by atoms with Crippen molar-refractivity contribution < 1.29 is 0 Å². The van der Waals surface area contributed by atoms with Crippen molar-refractivity contribution in [2.24, 2.45) is 0 Å². The molecule has 1 heteroatoms. The van der Waals surface area contributed by atoms with E-state index in [9.17, 15) is 0 Å². The average molecular weight is 152 g/mol. The predicted molar refractivity (Wildman–Crippen MR) is 47.2 cm³/mol. The molecule has 1 saturated carbocycles. The van der Waals surface area contributed by atoms with E-state index in [0.717, 1.165) is 14.1 Å². The van der Waals surface area contributed by atoms with Crippen LogP contribution in [0, 0.1) is 0 Å². The van der Waals surface area contributed by atoms with E-state index in [-0.39, 0.29) is 0 Å². The standard InChI is InChI=1S/C9H13P/c1-2-5-8(4-1)9-6-3-7-10-9/h3,6-8,10H,1-2,4-5H2. The van der Waals surface area contributed by atoms with Crippen LogP contribution in [0.5, 0.6) is 0 Å². The van der Waals surface area contributed by atoms with Crippen molar-refractivity contribution in [3.8, 4) is 0 Å². The highest BCUT2D eigenvalue weighted by molar-refractivity contribution is 7.30. The van der Waals surface area contributed by atoms with E-state index >= 15 is 0 Å². The van der Waals surface area contributed by atoms with E-state index in [0.29, 0.717) is 0 Å². The first-order valence-electron chi connectivity index (χ1n) is 4.10. The van der Waals surface area contributed by atoms with Gasteiger partial charge in [0.25, 0.3) is 0 Å². The van der Waals surface area contributed by atoms with Crippen LogP contribution in [0.2, 0.25) is 0 Å². The lowest BCUT2D eigenvalue weighted by Gasteiger charge is -2.04. The van der Waals surface area contributed by atoms with Gasteiger partial charge in [0, 0.05) is 0 Å². The fourth-order valence-corrected chi connectivity index (χ4v) is 2.94. The Morgan fingerprint density at radius 1 is 1.30 bits per heavy atom. The van der Waals surface area contributed by atoms with Gasteiger partial charge in [-0.05, 0) is 29.9 Å². The Bertz CT molecular complexity index is 183. The molecule has 0 nitrogen and oxygen atoms in total. The highest BCUT2D eigenvalue weighted by Crippen LogP contribution is 2.37. The van der Waals surface area contributed by atoms with Crippen LogP contribution in [0.4, 0.5) is 0 Å². The Hall–Kier alpha value is -0.220. The lowest BCUT2D eigenvalue weighted by Crippen LogP contribution is -1.84. The summed E-state index contributed by atoms with van der Waals surface area (Å²) in [4.78, 5) is 0. The average Bonchev–Trinajstić information content (AvgIpc) is 2.59. The Kier molecular flexibility index (Phi) is 1.82. The van der Waals surface area contributed by atoms with E-state index in [4.69, 9.17) is 0 Å². The zero-order valence-electron chi connectivity index (χ0n) is 6.14. The molecule has 0 spiro atoms. The fourth-order valence-electron chi connectivity index (χ4n) is 1.83. The molecule has 1 heterocycles. The summed E-state index contributed by atoms with van der Waals surface area (Å²) in [6.07, 6.45) is 5.85. The molecular formula is C9H13P. The van der Waals surface area contributed by atoms with Gasteiger partial charge in [0.1, 0.15) is 0 Å². The van der Waals surface area contributed by atoms with Crippen LogP contribution in [0.1, 0.15) is 36.9 Å². The van der Waals surface area contributed by atoms with Gasteiger partial charge in [-0.3, -0.25) is 0 Å². The van der Waals surface area contributed by atoms with Crippen LogP contribution in [0.25, 0.3) is 0 Å². The van der Waals surface area contributed by atoms with Gasteiger partial charge in [0.15, 0.2) is 0 Å². The molecule has 1 aliphatic rings. The highest BCUT2D eigenvalue weighted by Gasteiger charge is 2.16. The normalized spacial score (nSPS) is 20.8. The summed E-state index contributed by atoms with van der Waals surface area (Å²) in [5, 5.41) is 1.72. The van der Waals surface area contributed by atoms with Crippen LogP contribution in [-0.4, -0.2) is 0 Å². The maximum Gasteiger partial charge on any atom is -0.0127 e. The molecule has 0 aliphatic heterocycles. The van der Waals surface area contributed by atoms with Crippen LogP contribution >= 0.6 is 8.19 Å². The molecule has 0 bridgehead atoms. The molecule has 10 heavy (non-hydrogen) atoms. The molecule has 0 N–H and O–H groups in total. The van der Waals surface area contributed by atoms with E-state index in [1.807, 2.05) is 0 Å². The molecule has 1 aliphatic carbocycles. The second-order valence-corrected chi connectivity index (χ2v) is 4.31. The zero-order chi connectivity index (χ0) is 6.81.